The highest BCUT2D eigenvalue weighted by atomic mass is 35.5. The van der Waals surface area contributed by atoms with E-state index in [2.05, 4.69) is 4.74 Å². The van der Waals surface area contributed by atoms with Crippen molar-refractivity contribution in [3.8, 4) is 0 Å². The van der Waals surface area contributed by atoms with Crippen LogP contribution < -0.4 is 4.31 Å². The van der Waals surface area contributed by atoms with Crippen molar-refractivity contribution in [2.24, 2.45) is 0 Å². The maximum absolute atomic E-state index is 12.6. The normalized spacial score (nSPS) is 17.8. The first-order valence-electron chi connectivity index (χ1n) is 7.22. The first-order valence-corrected chi connectivity index (χ1v) is 8.66. The number of amides is 1. The molecule has 0 bridgehead atoms. The molecule has 132 valence electrons. The van der Waals surface area contributed by atoms with Crippen LogP contribution in [0.3, 0.4) is 0 Å². The third-order valence-electron chi connectivity index (χ3n) is 3.12. The van der Waals surface area contributed by atoms with Gasteiger partial charge in [-0.15, -0.1) is 0 Å². The van der Waals surface area contributed by atoms with E-state index in [0.717, 1.165) is 4.31 Å². The Kier molecular flexibility index (Phi) is 5.39. The molecule has 0 aromatic heterocycles. The fourth-order valence-corrected chi connectivity index (χ4v) is 3.45. The molecule has 1 atom stereocenters. The van der Waals surface area contributed by atoms with E-state index in [1.165, 1.54) is 23.5 Å². The summed E-state index contributed by atoms with van der Waals surface area (Å²) in [7, 11) is 1.25. The summed E-state index contributed by atoms with van der Waals surface area (Å²) in [5.41, 5.74) is 0.00103. The lowest BCUT2D eigenvalue weighted by Gasteiger charge is -2.24. The van der Waals surface area contributed by atoms with Gasteiger partial charge in [-0.1, -0.05) is 11.6 Å². The molecule has 1 aliphatic rings. The fraction of sp³-hybridized carbons (Fsp3) is 0.467. The maximum atomic E-state index is 12.6. The molecule has 1 unspecified atom stereocenters. The van der Waals surface area contributed by atoms with Crippen molar-refractivity contribution in [1.82, 2.24) is 4.31 Å². The molecule has 1 aromatic rings. The number of nitrogens with zero attached hydrogens (tertiary/aromatic N) is 2. The second-order valence-electron chi connectivity index (χ2n) is 6.07. The molecule has 0 saturated carbocycles. The quantitative estimate of drug-likeness (QED) is 0.744. The van der Waals surface area contributed by atoms with Crippen LogP contribution >= 0.6 is 11.6 Å². The van der Waals surface area contributed by atoms with Gasteiger partial charge in [0.1, 0.15) is 5.60 Å². The first-order chi connectivity index (χ1) is 11.1. The summed E-state index contributed by atoms with van der Waals surface area (Å²) in [5, 5.41) is 0.236. The minimum absolute atomic E-state index is 0.171. The Balaban J connectivity index is 2.22. The van der Waals surface area contributed by atoms with Gasteiger partial charge in [0.2, 0.25) is 11.2 Å². The van der Waals surface area contributed by atoms with E-state index in [1.54, 1.807) is 26.8 Å². The molecular weight excluding hydrogens is 356 g/mol. The number of esters is 1. The van der Waals surface area contributed by atoms with Crippen molar-refractivity contribution in [3.05, 3.63) is 28.8 Å². The highest BCUT2D eigenvalue weighted by Crippen LogP contribution is 2.28. The second-order valence-corrected chi connectivity index (χ2v) is 7.82. The van der Waals surface area contributed by atoms with Crippen molar-refractivity contribution in [2.75, 3.05) is 24.5 Å². The first kappa shape index (κ1) is 18.5. The predicted octanol–water partition coefficient (Wildman–Crippen LogP) is 2.76. The zero-order valence-corrected chi connectivity index (χ0v) is 15.4. The number of ether oxygens (including phenoxy) is 2. The molecule has 0 aliphatic carbocycles. The Hall–Kier alpha value is -1.80. The minimum atomic E-state index is -1.75. The molecular formula is C15H19ClN2O5S. The number of halogens is 1. The van der Waals surface area contributed by atoms with Crippen LogP contribution in [0.2, 0.25) is 5.02 Å². The van der Waals surface area contributed by atoms with Crippen molar-refractivity contribution in [1.29, 1.82) is 0 Å². The van der Waals surface area contributed by atoms with Crippen LogP contribution in [0.25, 0.3) is 0 Å². The van der Waals surface area contributed by atoms with Gasteiger partial charge in [-0.3, -0.25) is 4.31 Å². The minimum Gasteiger partial charge on any atom is -0.465 e. The molecule has 0 N–H and O–H groups in total. The SMILES string of the molecule is COC(=O)c1cc(N2CCN(C(=O)OC(C)(C)C)S2=O)ccc1Cl. The zero-order valence-electron chi connectivity index (χ0n) is 13.9. The van der Waals surface area contributed by atoms with Crippen LogP contribution in [-0.4, -0.2) is 46.4 Å². The number of hydrogen-bond acceptors (Lipinski definition) is 5. The molecule has 1 aliphatic heterocycles. The molecule has 2 rings (SSSR count). The van der Waals surface area contributed by atoms with Gasteiger partial charge in [0.25, 0.3) is 0 Å². The van der Waals surface area contributed by atoms with Crippen LogP contribution in [0.1, 0.15) is 31.1 Å². The van der Waals surface area contributed by atoms with Crippen LogP contribution in [0.5, 0.6) is 0 Å². The summed E-state index contributed by atoms with van der Waals surface area (Å²) in [5.74, 6) is -0.587. The Morgan fingerprint density at radius 2 is 1.92 bits per heavy atom. The van der Waals surface area contributed by atoms with Gasteiger partial charge >= 0.3 is 12.1 Å². The molecule has 1 saturated heterocycles. The maximum Gasteiger partial charge on any atom is 0.423 e. The number of methoxy groups -OCH3 is 1. The van der Waals surface area contributed by atoms with E-state index >= 15 is 0 Å². The van der Waals surface area contributed by atoms with E-state index in [0.29, 0.717) is 12.2 Å². The average Bonchev–Trinajstić information content (AvgIpc) is 2.87. The van der Waals surface area contributed by atoms with Gasteiger partial charge in [0, 0.05) is 0 Å². The van der Waals surface area contributed by atoms with E-state index in [-0.39, 0.29) is 17.1 Å². The van der Waals surface area contributed by atoms with Crippen LogP contribution in [0, 0.1) is 0 Å². The van der Waals surface area contributed by atoms with Gasteiger partial charge in [0.15, 0.2) is 0 Å². The predicted molar refractivity (Wildman–Crippen MR) is 91.2 cm³/mol. The van der Waals surface area contributed by atoms with Crippen molar-refractivity contribution in [3.63, 3.8) is 0 Å². The smallest absolute Gasteiger partial charge is 0.423 e. The van der Waals surface area contributed by atoms with Crippen molar-refractivity contribution >= 4 is 40.5 Å². The van der Waals surface area contributed by atoms with Gasteiger partial charge in [-0.25, -0.2) is 18.1 Å². The summed E-state index contributed by atoms with van der Waals surface area (Å²) >= 11 is 4.24. The van der Waals surface area contributed by atoms with Crippen molar-refractivity contribution < 1.29 is 23.3 Å². The Labute approximate surface area is 148 Å². The highest BCUT2D eigenvalue weighted by molar-refractivity contribution is 7.85. The van der Waals surface area contributed by atoms with Crippen molar-refractivity contribution in [2.45, 2.75) is 26.4 Å². The third kappa shape index (κ3) is 3.99. The van der Waals surface area contributed by atoms with Gasteiger partial charge in [-0.2, -0.15) is 0 Å². The number of carbonyl (C=O) groups is 2. The van der Waals surface area contributed by atoms with Crippen LogP contribution in [0.4, 0.5) is 10.5 Å². The lowest BCUT2D eigenvalue weighted by Crippen LogP contribution is -2.37. The lowest BCUT2D eigenvalue weighted by molar-refractivity contribution is 0.0410. The molecule has 7 nitrogen and oxygen atoms in total. The molecule has 1 fully saturated rings. The molecule has 1 aromatic carbocycles. The number of anilines is 1. The second kappa shape index (κ2) is 6.98. The summed E-state index contributed by atoms with van der Waals surface area (Å²) < 4.78 is 25.1. The lowest BCUT2D eigenvalue weighted by atomic mass is 10.2. The summed E-state index contributed by atoms with van der Waals surface area (Å²) in [6.45, 7) is 5.81. The molecule has 9 heteroatoms. The molecule has 0 radical (unpaired) electrons. The van der Waals surface area contributed by atoms with Crippen LogP contribution in [-0.2, 0) is 20.6 Å². The molecule has 24 heavy (non-hydrogen) atoms. The molecule has 1 amide bonds. The van der Waals surface area contributed by atoms with E-state index in [9.17, 15) is 13.8 Å². The fourth-order valence-electron chi connectivity index (χ4n) is 2.08. The Bertz CT molecular complexity index is 689. The average molecular weight is 375 g/mol. The van der Waals surface area contributed by atoms with Gasteiger partial charge in [0.05, 0.1) is 36.5 Å². The summed E-state index contributed by atoms with van der Waals surface area (Å²) in [6.07, 6.45) is -0.648. The monoisotopic (exact) mass is 374 g/mol. The summed E-state index contributed by atoms with van der Waals surface area (Å²) in [6, 6.07) is 4.65. The number of hydrogen-bond donors (Lipinski definition) is 0. The topological polar surface area (TPSA) is 76.2 Å². The largest absolute Gasteiger partial charge is 0.465 e. The zero-order chi connectivity index (χ0) is 18.1. The van der Waals surface area contributed by atoms with E-state index in [1.807, 2.05) is 0 Å². The van der Waals surface area contributed by atoms with Gasteiger partial charge < -0.3 is 9.47 Å². The standard InChI is InChI=1S/C15H19ClN2O5S/c1-15(2,3)23-14(20)18-8-7-17(24(18)21)10-5-6-12(16)11(9-10)13(19)22-4/h5-6,9H,7-8H2,1-4H3. The van der Waals surface area contributed by atoms with Crippen LogP contribution in [0.15, 0.2) is 18.2 Å². The number of carbonyl (C=O) groups excluding carboxylic acids is 2. The summed E-state index contributed by atoms with van der Waals surface area (Å²) in [4.78, 5) is 23.8. The Morgan fingerprint density at radius 3 is 2.50 bits per heavy atom. The van der Waals surface area contributed by atoms with E-state index < -0.39 is 28.8 Å². The van der Waals surface area contributed by atoms with E-state index in [4.69, 9.17) is 16.3 Å². The molecule has 0 spiro atoms. The number of rotatable bonds is 2. The third-order valence-corrected chi connectivity index (χ3v) is 4.93. The molecule has 1 heterocycles. The van der Waals surface area contributed by atoms with Gasteiger partial charge in [-0.05, 0) is 39.0 Å². The highest BCUT2D eigenvalue weighted by Gasteiger charge is 2.36. The number of benzene rings is 1. The Morgan fingerprint density at radius 1 is 1.25 bits per heavy atom.